The number of likely N-dealkylation sites (N-methyl/N-ethyl adjacent to an activating group) is 1. The minimum absolute atomic E-state index is 0.0217. The van der Waals surface area contributed by atoms with Crippen molar-refractivity contribution in [2.75, 3.05) is 33.3 Å². The number of ether oxygens (including phenoxy) is 1. The Morgan fingerprint density at radius 2 is 2.11 bits per heavy atom. The maximum atomic E-state index is 11.9. The van der Waals surface area contributed by atoms with Crippen LogP contribution in [0.5, 0.6) is 0 Å². The minimum atomic E-state index is -0.959. The number of carboxylic acids is 1. The molecule has 0 atom stereocenters. The van der Waals surface area contributed by atoms with Crippen molar-refractivity contribution in [3.63, 3.8) is 0 Å². The minimum Gasteiger partial charge on any atom is -0.480 e. The Morgan fingerprint density at radius 3 is 2.61 bits per heavy atom. The van der Waals surface area contributed by atoms with Crippen molar-refractivity contribution in [2.24, 2.45) is 0 Å². The van der Waals surface area contributed by atoms with Crippen LogP contribution in [0.4, 0.5) is 4.79 Å². The second-order valence-electron chi connectivity index (χ2n) is 4.34. The Labute approximate surface area is 107 Å². The van der Waals surface area contributed by atoms with Crippen LogP contribution in [0, 0.1) is 0 Å². The summed E-state index contributed by atoms with van der Waals surface area (Å²) in [5.74, 6) is -0.959. The average Bonchev–Trinajstić information content (AvgIpc) is 2.36. The Kier molecular flexibility index (Phi) is 5.64. The molecule has 0 bridgehead atoms. The van der Waals surface area contributed by atoms with Gasteiger partial charge in [0.2, 0.25) is 0 Å². The van der Waals surface area contributed by atoms with Gasteiger partial charge in [-0.2, -0.15) is 0 Å². The first kappa shape index (κ1) is 14.5. The van der Waals surface area contributed by atoms with E-state index in [1.165, 1.54) is 0 Å². The summed E-state index contributed by atoms with van der Waals surface area (Å²) in [6.45, 7) is 5.05. The first-order chi connectivity index (χ1) is 8.54. The first-order valence-corrected chi connectivity index (χ1v) is 5.99. The summed E-state index contributed by atoms with van der Waals surface area (Å²) >= 11 is 0. The van der Waals surface area contributed by atoms with Crippen molar-refractivity contribution in [1.82, 2.24) is 9.80 Å². The second kappa shape index (κ2) is 7.00. The lowest BCUT2D eigenvalue weighted by Crippen LogP contribution is -2.46. The van der Waals surface area contributed by atoms with E-state index in [-0.39, 0.29) is 18.7 Å². The summed E-state index contributed by atoms with van der Waals surface area (Å²) in [5.41, 5.74) is 0. The van der Waals surface area contributed by atoms with Gasteiger partial charge in [0, 0.05) is 26.7 Å². The lowest BCUT2D eigenvalue weighted by atomic mass is 10.1. The van der Waals surface area contributed by atoms with Gasteiger partial charge in [0.25, 0.3) is 0 Å². The van der Waals surface area contributed by atoms with Crippen LogP contribution < -0.4 is 0 Å². The molecule has 102 valence electrons. The molecule has 1 saturated heterocycles. The molecular weight excluding hydrogens is 236 g/mol. The van der Waals surface area contributed by atoms with Crippen LogP contribution in [0.1, 0.15) is 12.8 Å². The van der Waals surface area contributed by atoms with Gasteiger partial charge in [-0.25, -0.2) is 9.59 Å². The van der Waals surface area contributed by atoms with Crippen LogP contribution in [0.25, 0.3) is 0 Å². The number of nitrogens with zero attached hydrogens (tertiary/aromatic N) is 2. The molecule has 0 unspecified atom stereocenters. The quantitative estimate of drug-likeness (QED) is 0.738. The number of amides is 2. The number of carbonyl (C=O) groups excluding carboxylic acids is 1. The summed E-state index contributed by atoms with van der Waals surface area (Å²) in [4.78, 5) is 25.7. The molecule has 6 heteroatoms. The van der Waals surface area contributed by atoms with Gasteiger partial charge in [-0.05, 0) is 12.8 Å². The highest BCUT2D eigenvalue weighted by molar-refractivity contribution is 5.74. The summed E-state index contributed by atoms with van der Waals surface area (Å²) in [7, 11) is 1.73. The van der Waals surface area contributed by atoms with E-state index in [4.69, 9.17) is 9.84 Å². The number of aliphatic carboxylic acids is 1. The summed E-state index contributed by atoms with van der Waals surface area (Å²) in [5, 5.41) is 8.51. The molecule has 0 aromatic heterocycles. The third-order valence-corrected chi connectivity index (χ3v) is 2.88. The zero-order valence-corrected chi connectivity index (χ0v) is 10.7. The zero-order valence-electron chi connectivity index (χ0n) is 10.7. The number of urea groups is 1. The normalized spacial score (nSPS) is 16.4. The van der Waals surface area contributed by atoms with Gasteiger partial charge in [0.05, 0.1) is 6.10 Å². The lowest BCUT2D eigenvalue weighted by Gasteiger charge is -2.34. The third kappa shape index (κ3) is 4.37. The van der Waals surface area contributed by atoms with Crippen molar-refractivity contribution < 1.29 is 19.4 Å². The fourth-order valence-electron chi connectivity index (χ4n) is 1.92. The van der Waals surface area contributed by atoms with Crippen LogP contribution in [-0.4, -0.2) is 66.3 Å². The molecule has 6 nitrogen and oxygen atoms in total. The van der Waals surface area contributed by atoms with E-state index >= 15 is 0 Å². The van der Waals surface area contributed by atoms with Crippen molar-refractivity contribution in [3.05, 3.63) is 12.7 Å². The van der Waals surface area contributed by atoms with Crippen LogP contribution >= 0.6 is 0 Å². The van der Waals surface area contributed by atoms with Crippen LogP contribution in [0.15, 0.2) is 12.7 Å². The van der Waals surface area contributed by atoms with Crippen molar-refractivity contribution in [1.29, 1.82) is 0 Å². The summed E-state index contributed by atoms with van der Waals surface area (Å²) in [6, 6.07) is -0.0217. The van der Waals surface area contributed by atoms with E-state index in [1.807, 2.05) is 0 Å². The highest BCUT2D eigenvalue weighted by Gasteiger charge is 2.25. The topological polar surface area (TPSA) is 70.1 Å². The highest BCUT2D eigenvalue weighted by Crippen LogP contribution is 2.14. The summed E-state index contributed by atoms with van der Waals surface area (Å²) < 4.78 is 5.21. The molecule has 0 aromatic rings. The van der Waals surface area contributed by atoms with Gasteiger partial charge >= 0.3 is 12.0 Å². The molecule has 0 radical (unpaired) electrons. The number of carboxylic acid groups (broad SMARTS) is 1. The zero-order chi connectivity index (χ0) is 13.5. The van der Waals surface area contributed by atoms with Crippen molar-refractivity contribution in [2.45, 2.75) is 18.9 Å². The maximum Gasteiger partial charge on any atom is 0.329 e. The van der Waals surface area contributed by atoms with Crippen LogP contribution in [0.3, 0.4) is 0 Å². The second-order valence-corrected chi connectivity index (χ2v) is 4.34. The van der Waals surface area contributed by atoms with Crippen LogP contribution in [0.2, 0.25) is 0 Å². The molecule has 0 spiro atoms. The lowest BCUT2D eigenvalue weighted by molar-refractivity contribution is -0.145. The smallest absolute Gasteiger partial charge is 0.329 e. The predicted molar refractivity (Wildman–Crippen MR) is 66.4 cm³/mol. The van der Waals surface area contributed by atoms with E-state index in [1.54, 1.807) is 22.9 Å². The first-order valence-electron chi connectivity index (χ1n) is 5.99. The molecule has 1 aliphatic rings. The van der Waals surface area contributed by atoms with Gasteiger partial charge < -0.3 is 19.6 Å². The fraction of sp³-hybridized carbons (Fsp3) is 0.667. The molecule has 1 aliphatic heterocycles. The molecule has 0 aromatic carbocycles. The maximum absolute atomic E-state index is 11.9. The molecule has 1 rings (SSSR count). The Balaban J connectivity index is 2.32. The van der Waals surface area contributed by atoms with E-state index in [0.29, 0.717) is 32.5 Å². The molecule has 1 heterocycles. The Morgan fingerprint density at radius 1 is 1.50 bits per heavy atom. The van der Waals surface area contributed by atoms with Gasteiger partial charge in [-0.1, -0.05) is 6.08 Å². The number of hydrogen-bond acceptors (Lipinski definition) is 3. The van der Waals surface area contributed by atoms with E-state index in [9.17, 15) is 9.59 Å². The van der Waals surface area contributed by atoms with Gasteiger partial charge in [-0.15, -0.1) is 6.58 Å². The molecule has 1 fully saturated rings. The molecule has 2 amide bonds. The number of carbonyl (C=O) groups is 2. The number of hydrogen-bond donors (Lipinski definition) is 1. The van der Waals surface area contributed by atoms with Crippen molar-refractivity contribution in [3.8, 4) is 0 Å². The van der Waals surface area contributed by atoms with Gasteiger partial charge in [-0.3, -0.25) is 0 Å². The van der Waals surface area contributed by atoms with Crippen LogP contribution in [-0.2, 0) is 9.53 Å². The summed E-state index contributed by atoms with van der Waals surface area (Å²) in [6.07, 6.45) is 2.98. The molecule has 0 aliphatic carbocycles. The molecule has 1 N–H and O–H groups in total. The predicted octanol–water partition coefficient (Wildman–Crippen LogP) is 0.790. The van der Waals surface area contributed by atoms with E-state index in [2.05, 4.69) is 6.58 Å². The average molecular weight is 256 g/mol. The van der Waals surface area contributed by atoms with E-state index < -0.39 is 5.97 Å². The monoisotopic (exact) mass is 256 g/mol. The molecular formula is C12H20N2O4. The fourth-order valence-corrected chi connectivity index (χ4v) is 1.92. The van der Waals surface area contributed by atoms with Gasteiger partial charge in [0.1, 0.15) is 6.61 Å². The van der Waals surface area contributed by atoms with Crippen molar-refractivity contribution >= 4 is 12.0 Å². The van der Waals surface area contributed by atoms with Gasteiger partial charge in [0.15, 0.2) is 0 Å². The molecule has 0 saturated carbocycles. The largest absolute Gasteiger partial charge is 0.480 e. The van der Waals surface area contributed by atoms with E-state index in [0.717, 1.165) is 0 Å². The number of piperidine rings is 1. The Hall–Kier alpha value is -1.56. The standard InChI is InChI=1S/C12H20N2O4/c1-3-6-13(2)12(17)14-7-4-10(5-8-14)18-9-11(15)16/h3,10H,1,4-9H2,2H3,(H,15,16). The number of rotatable bonds is 5. The Bertz CT molecular complexity index is 311. The molecule has 18 heavy (non-hydrogen) atoms. The number of likely N-dealkylation sites (tertiary alicyclic amines) is 1. The SMILES string of the molecule is C=CCN(C)C(=O)N1CCC(OCC(=O)O)CC1. The third-order valence-electron chi connectivity index (χ3n) is 2.88. The highest BCUT2D eigenvalue weighted by atomic mass is 16.5.